The predicted octanol–water partition coefficient (Wildman–Crippen LogP) is 2.14. The van der Waals surface area contributed by atoms with Crippen LogP contribution in [0.4, 0.5) is 11.4 Å². The van der Waals surface area contributed by atoms with Crippen LogP contribution in [-0.4, -0.2) is 28.5 Å². The van der Waals surface area contributed by atoms with Crippen LogP contribution in [0.5, 0.6) is 0 Å². The van der Waals surface area contributed by atoms with Crippen molar-refractivity contribution in [2.24, 2.45) is 0 Å². The molecule has 1 aromatic heterocycles. The topological polar surface area (TPSA) is 121 Å². The number of hydrogen-bond acceptors (Lipinski definition) is 6. The van der Waals surface area contributed by atoms with Crippen molar-refractivity contribution in [2.45, 2.75) is 13.5 Å². The Morgan fingerprint density at radius 1 is 1.35 bits per heavy atom. The lowest BCUT2D eigenvalue weighted by molar-refractivity contribution is -0.386. The second kappa shape index (κ2) is 7.79. The molecule has 0 unspecified atom stereocenters. The lowest BCUT2D eigenvalue weighted by Crippen LogP contribution is -2.29. The number of hydrogen-bond donors (Lipinski definition) is 1. The molecule has 9 nitrogen and oxygen atoms in total. The van der Waals surface area contributed by atoms with Crippen molar-refractivity contribution < 1.29 is 19.2 Å². The van der Waals surface area contributed by atoms with Crippen LogP contribution >= 0.6 is 11.6 Å². The minimum atomic E-state index is -1.02. The molecule has 0 saturated carbocycles. The summed E-state index contributed by atoms with van der Waals surface area (Å²) in [4.78, 5) is 46.0. The quantitative estimate of drug-likeness (QED) is 0.482. The molecule has 1 N–H and O–H groups in total. The third-order valence-electron chi connectivity index (χ3n) is 3.40. The second-order valence-corrected chi connectivity index (χ2v) is 5.73. The van der Waals surface area contributed by atoms with Gasteiger partial charge >= 0.3 is 17.2 Å². The van der Waals surface area contributed by atoms with Gasteiger partial charge in [0.2, 0.25) is 5.91 Å². The van der Waals surface area contributed by atoms with E-state index in [-0.39, 0.29) is 5.56 Å². The molecule has 0 saturated heterocycles. The fraction of sp³-hybridized carbons (Fsp3) is 0.188. The summed E-state index contributed by atoms with van der Waals surface area (Å²) in [5.74, 6) is -1.52. The Hall–Kier alpha value is -3.20. The van der Waals surface area contributed by atoms with Gasteiger partial charge in [0.25, 0.3) is 0 Å². The molecular formula is C16H14ClN3O6. The molecule has 0 aliphatic carbocycles. The summed E-state index contributed by atoms with van der Waals surface area (Å²) in [6, 6.07) is 5.77. The highest BCUT2D eigenvalue weighted by molar-refractivity contribution is 6.33. The van der Waals surface area contributed by atoms with Gasteiger partial charge < -0.3 is 10.1 Å². The van der Waals surface area contributed by atoms with Gasteiger partial charge in [0.15, 0.2) is 0 Å². The number of methoxy groups -OCH3 is 1. The standard InChI is InChI=1S/C16H14ClN3O6/c1-9-3-4-12(11(17)5-9)18-14(21)8-19-7-10(16(23)26-2)6-13(15(19)22)20(24)25/h3-7H,8H2,1-2H3,(H,18,21). The van der Waals surface area contributed by atoms with Gasteiger partial charge in [0.05, 0.1) is 28.3 Å². The van der Waals surface area contributed by atoms with Crippen LogP contribution in [0.3, 0.4) is 0 Å². The number of rotatable bonds is 5. The van der Waals surface area contributed by atoms with E-state index in [0.29, 0.717) is 10.7 Å². The van der Waals surface area contributed by atoms with Gasteiger partial charge in [-0.1, -0.05) is 17.7 Å². The van der Waals surface area contributed by atoms with Gasteiger partial charge in [-0.3, -0.25) is 24.3 Å². The number of anilines is 1. The molecule has 1 aromatic carbocycles. The molecule has 0 atom stereocenters. The van der Waals surface area contributed by atoms with Crippen molar-refractivity contribution >= 4 is 34.9 Å². The van der Waals surface area contributed by atoms with Gasteiger partial charge in [0, 0.05) is 12.3 Å². The summed E-state index contributed by atoms with van der Waals surface area (Å²) < 4.78 is 5.26. The van der Waals surface area contributed by atoms with Gasteiger partial charge in [-0.2, -0.15) is 0 Å². The second-order valence-electron chi connectivity index (χ2n) is 5.33. The number of pyridine rings is 1. The van der Waals surface area contributed by atoms with Crippen molar-refractivity contribution in [1.29, 1.82) is 0 Å². The van der Waals surface area contributed by atoms with E-state index < -0.39 is 34.6 Å². The van der Waals surface area contributed by atoms with Gasteiger partial charge in [0.1, 0.15) is 6.54 Å². The highest BCUT2D eigenvalue weighted by Crippen LogP contribution is 2.22. The van der Waals surface area contributed by atoms with E-state index in [1.165, 1.54) is 0 Å². The summed E-state index contributed by atoms with van der Waals surface area (Å²) in [6.45, 7) is 1.28. The molecule has 2 rings (SSSR count). The maximum absolute atomic E-state index is 12.2. The first-order valence-electron chi connectivity index (χ1n) is 7.26. The zero-order valence-corrected chi connectivity index (χ0v) is 14.6. The van der Waals surface area contributed by atoms with Crippen LogP contribution in [0.2, 0.25) is 5.02 Å². The fourth-order valence-corrected chi connectivity index (χ4v) is 2.45. The number of carbonyl (C=O) groups excluding carboxylic acids is 2. The zero-order valence-electron chi connectivity index (χ0n) is 13.8. The van der Waals surface area contributed by atoms with E-state index in [0.717, 1.165) is 29.5 Å². The summed E-state index contributed by atoms with van der Waals surface area (Å²) in [6.07, 6.45) is 1.03. The lowest BCUT2D eigenvalue weighted by Gasteiger charge is -2.10. The van der Waals surface area contributed by atoms with E-state index in [1.54, 1.807) is 18.2 Å². The Bertz CT molecular complexity index is 953. The number of benzene rings is 1. The van der Waals surface area contributed by atoms with E-state index in [9.17, 15) is 24.5 Å². The number of ether oxygens (including phenoxy) is 1. The Labute approximate surface area is 152 Å². The largest absolute Gasteiger partial charge is 0.465 e. The number of nitrogens with zero attached hydrogens (tertiary/aromatic N) is 2. The van der Waals surface area contributed by atoms with Crippen molar-refractivity contribution in [3.05, 3.63) is 67.1 Å². The fourth-order valence-electron chi connectivity index (χ4n) is 2.16. The van der Waals surface area contributed by atoms with Crippen LogP contribution in [-0.2, 0) is 16.1 Å². The SMILES string of the molecule is COC(=O)c1cc([N+](=O)[O-])c(=O)n(CC(=O)Nc2ccc(C)cc2Cl)c1. The molecule has 10 heteroatoms. The van der Waals surface area contributed by atoms with Crippen LogP contribution in [0.1, 0.15) is 15.9 Å². The molecule has 2 aromatic rings. The number of amides is 1. The van der Waals surface area contributed by atoms with Crippen LogP contribution in [0.15, 0.2) is 35.3 Å². The highest BCUT2D eigenvalue weighted by Gasteiger charge is 2.21. The normalized spacial score (nSPS) is 10.3. The lowest BCUT2D eigenvalue weighted by atomic mass is 10.2. The number of halogens is 1. The molecule has 136 valence electrons. The van der Waals surface area contributed by atoms with E-state index in [1.807, 2.05) is 6.92 Å². The number of carbonyl (C=O) groups is 2. The molecule has 0 fully saturated rings. The monoisotopic (exact) mass is 379 g/mol. The Morgan fingerprint density at radius 3 is 2.62 bits per heavy atom. The first kappa shape index (κ1) is 19.1. The van der Waals surface area contributed by atoms with Crippen molar-refractivity contribution in [3.8, 4) is 0 Å². The maximum atomic E-state index is 12.2. The molecule has 0 aliphatic rings. The number of nitrogens with one attached hydrogen (secondary N) is 1. The summed E-state index contributed by atoms with van der Waals surface area (Å²) >= 11 is 6.03. The van der Waals surface area contributed by atoms with Gasteiger partial charge in [-0.15, -0.1) is 0 Å². The van der Waals surface area contributed by atoms with Gasteiger partial charge in [-0.05, 0) is 24.6 Å². The average molecular weight is 380 g/mol. The zero-order chi connectivity index (χ0) is 19.4. The predicted molar refractivity (Wildman–Crippen MR) is 93.5 cm³/mol. The summed E-state index contributed by atoms with van der Waals surface area (Å²) in [5, 5.41) is 13.8. The summed E-state index contributed by atoms with van der Waals surface area (Å²) in [7, 11) is 1.09. The summed E-state index contributed by atoms with van der Waals surface area (Å²) in [5.41, 5.74) is -0.860. The first-order chi connectivity index (χ1) is 12.2. The molecule has 0 aliphatic heterocycles. The Balaban J connectivity index is 2.34. The Kier molecular flexibility index (Phi) is 5.73. The molecule has 26 heavy (non-hydrogen) atoms. The van der Waals surface area contributed by atoms with Crippen LogP contribution in [0.25, 0.3) is 0 Å². The maximum Gasteiger partial charge on any atom is 0.339 e. The number of nitro groups is 1. The molecule has 1 heterocycles. The Morgan fingerprint density at radius 2 is 2.04 bits per heavy atom. The molecule has 0 radical (unpaired) electrons. The van der Waals surface area contributed by atoms with Crippen molar-refractivity contribution in [1.82, 2.24) is 4.57 Å². The van der Waals surface area contributed by atoms with E-state index >= 15 is 0 Å². The number of aromatic nitrogens is 1. The minimum absolute atomic E-state index is 0.222. The first-order valence-corrected chi connectivity index (χ1v) is 7.64. The number of aryl methyl sites for hydroxylation is 1. The van der Waals surface area contributed by atoms with E-state index in [2.05, 4.69) is 10.1 Å². The molecule has 0 spiro atoms. The van der Waals surface area contributed by atoms with Crippen LogP contribution in [0, 0.1) is 17.0 Å². The smallest absolute Gasteiger partial charge is 0.339 e. The third-order valence-corrected chi connectivity index (χ3v) is 3.71. The average Bonchev–Trinajstić information content (AvgIpc) is 2.58. The number of esters is 1. The van der Waals surface area contributed by atoms with Crippen molar-refractivity contribution in [3.63, 3.8) is 0 Å². The molecule has 1 amide bonds. The molecule has 0 bridgehead atoms. The van der Waals surface area contributed by atoms with Crippen molar-refractivity contribution in [2.75, 3.05) is 12.4 Å². The minimum Gasteiger partial charge on any atom is -0.465 e. The van der Waals surface area contributed by atoms with Gasteiger partial charge in [-0.25, -0.2) is 4.79 Å². The van der Waals surface area contributed by atoms with E-state index in [4.69, 9.17) is 11.6 Å². The highest BCUT2D eigenvalue weighted by atomic mass is 35.5. The molecular weight excluding hydrogens is 366 g/mol. The van der Waals surface area contributed by atoms with Crippen LogP contribution < -0.4 is 10.9 Å². The third kappa shape index (κ3) is 4.25.